The molecule has 2 rings (SSSR count). The lowest BCUT2D eigenvalue weighted by molar-refractivity contribution is -0.275. The summed E-state index contributed by atoms with van der Waals surface area (Å²) in [6.45, 7) is 5.68. The highest BCUT2D eigenvalue weighted by molar-refractivity contribution is 5.97. The minimum absolute atomic E-state index is 0.0627. The van der Waals surface area contributed by atoms with Crippen LogP contribution in [0.3, 0.4) is 0 Å². The average molecular weight is 436 g/mol. The predicted molar refractivity (Wildman–Crippen MR) is 95.7 cm³/mol. The third-order valence-corrected chi connectivity index (χ3v) is 3.48. The Kier molecular flexibility index (Phi) is 8.03. The number of ether oxygens (including phenoxy) is 2. The number of hydrogen-bond acceptors (Lipinski definition) is 4. The second-order valence-electron chi connectivity index (χ2n) is 6.21. The molecule has 0 fully saturated rings. The second-order valence-corrected chi connectivity index (χ2v) is 6.21. The quantitative estimate of drug-likeness (QED) is 0.424. The molecule has 164 valence electrons. The van der Waals surface area contributed by atoms with Crippen LogP contribution in [0, 0.1) is 13.8 Å². The summed E-state index contributed by atoms with van der Waals surface area (Å²) in [6, 6.07) is 8.01. The Balaban J connectivity index is 0.000000300. The number of carbonyl (C=O) groups is 2. The lowest BCUT2D eigenvalue weighted by Crippen LogP contribution is -2.18. The molecule has 0 amide bonds. The van der Waals surface area contributed by atoms with E-state index in [0.29, 0.717) is 11.1 Å². The van der Waals surface area contributed by atoms with E-state index in [4.69, 9.17) is 0 Å². The molecule has 0 aliphatic carbocycles. The zero-order valence-corrected chi connectivity index (χ0v) is 16.4. The Bertz CT molecular complexity index is 916. The van der Waals surface area contributed by atoms with Gasteiger partial charge in [-0.1, -0.05) is 17.7 Å². The molecule has 0 saturated carbocycles. The van der Waals surface area contributed by atoms with Gasteiger partial charge in [0.1, 0.15) is 11.5 Å². The van der Waals surface area contributed by atoms with E-state index in [9.17, 15) is 35.9 Å². The number of halogens is 6. The SMILES string of the molecule is CC(=O)c1cc(C)ccc1OC(F)(F)F.CC(=O)c1ccc(C)cc1OC(F)(F)F. The van der Waals surface area contributed by atoms with Crippen LogP contribution in [0.5, 0.6) is 11.5 Å². The highest BCUT2D eigenvalue weighted by Crippen LogP contribution is 2.28. The van der Waals surface area contributed by atoms with Gasteiger partial charge in [-0.3, -0.25) is 9.59 Å². The summed E-state index contributed by atoms with van der Waals surface area (Å²) in [7, 11) is 0. The molecule has 0 aliphatic heterocycles. The number of alkyl halides is 6. The molecule has 10 heteroatoms. The number of hydrogen-bond donors (Lipinski definition) is 0. The molecule has 0 saturated heterocycles. The molecule has 0 aromatic heterocycles. The topological polar surface area (TPSA) is 52.6 Å². The molecule has 4 nitrogen and oxygen atoms in total. The molecule has 0 N–H and O–H groups in total. The first kappa shape index (κ1) is 25.0. The minimum Gasteiger partial charge on any atom is -0.405 e. The van der Waals surface area contributed by atoms with Gasteiger partial charge in [0.05, 0.1) is 11.1 Å². The molecule has 0 unspecified atom stereocenters. The van der Waals surface area contributed by atoms with Gasteiger partial charge in [0.2, 0.25) is 0 Å². The monoisotopic (exact) mass is 436 g/mol. The van der Waals surface area contributed by atoms with Crippen molar-refractivity contribution in [2.45, 2.75) is 40.4 Å². The summed E-state index contributed by atoms with van der Waals surface area (Å²) in [4.78, 5) is 22.1. The van der Waals surface area contributed by atoms with E-state index in [2.05, 4.69) is 9.47 Å². The van der Waals surface area contributed by atoms with Crippen molar-refractivity contribution in [2.75, 3.05) is 0 Å². The van der Waals surface area contributed by atoms with Gasteiger partial charge in [0, 0.05) is 0 Å². The van der Waals surface area contributed by atoms with Crippen LogP contribution in [0.15, 0.2) is 36.4 Å². The largest absolute Gasteiger partial charge is 0.573 e. The first-order chi connectivity index (χ1) is 13.6. The Morgan fingerprint density at radius 2 is 1.10 bits per heavy atom. The van der Waals surface area contributed by atoms with E-state index < -0.39 is 35.8 Å². The van der Waals surface area contributed by atoms with Crippen LogP contribution in [-0.2, 0) is 0 Å². The van der Waals surface area contributed by atoms with E-state index in [-0.39, 0.29) is 11.1 Å². The summed E-state index contributed by atoms with van der Waals surface area (Å²) in [5.74, 6) is -1.83. The van der Waals surface area contributed by atoms with E-state index in [1.807, 2.05) is 0 Å². The van der Waals surface area contributed by atoms with Crippen molar-refractivity contribution in [3.8, 4) is 11.5 Å². The highest BCUT2D eigenvalue weighted by Gasteiger charge is 2.33. The smallest absolute Gasteiger partial charge is 0.405 e. The van der Waals surface area contributed by atoms with E-state index in [1.54, 1.807) is 19.9 Å². The van der Waals surface area contributed by atoms with Crippen molar-refractivity contribution in [2.24, 2.45) is 0 Å². The first-order valence-corrected chi connectivity index (χ1v) is 8.33. The van der Waals surface area contributed by atoms with Crippen LogP contribution in [0.25, 0.3) is 0 Å². The van der Waals surface area contributed by atoms with Gasteiger partial charge in [-0.2, -0.15) is 0 Å². The molecule has 30 heavy (non-hydrogen) atoms. The summed E-state index contributed by atoms with van der Waals surface area (Å²) in [6.07, 6.45) is -9.56. The average Bonchev–Trinajstić information content (AvgIpc) is 2.54. The van der Waals surface area contributed by atoms with Gasteiger partial charge >= 0.3 is 12.7 Å². The van der Waals surface area contributed by atoms with E-state index in [1.165, 1.54) is 38.1 Å². The van der Waals surface area contributed by atoms with Gasteiger partial charge in [-0.15, -0.1) is 26.3 Å². The van der Waals surface area contributed by atoms with Crippen molar-refractivity contribution in [1.29, 1.82) is 0 Å². The molecule has 0 radical (unpaired) electrons. The molecular formula is C20H18F6O4. The van der Waals surface area contributed by atoms with Crippen molar-refractivity contribution in [1.82, 2.24) is 0 Å². The van der Waals surface area contributed by atoms with Crippen LogP contribution in [-0.4, -0.2) is 24.3 Å². The third kappa shape index (κ3) is 8.54. The van der Waals surface area contributed by atoms with Gasteiger partial charge in [0.15, 0.2) is 11.6 Å². The Morgan fingerprint density at radius 1 is 0.667 bits per heavy atom. The zero-order chi connectivity index (χ0) is 23.3. The maximum absolute atomic E-state index is 12.0. The third-order valence-electron chi connectivity index (χ3n) is 3.48. The zero-order valence-electron chi connectivity index (χ0n) is 16.4. The number of aryl methyl sites for hydroxylation is 2. The van der Waals surface area contributed by atoms with Crippen LogP contribution in [0.1, 0.15) is 45.7 Å². The van der Waals surface area contributed by atoms with E-state index in [0.717, 1.165) is 6.07 Å². The molecule has 0 heterocycles. The van der Waals surface area contributed by atoms with Crippen LogP contribution in [0.4, 0.5) is 26.3 Å². The van der Waals surface area contributed by atoms with Gasteiger partial charge < -0.3 is 9.47 Å². The fraction of sp³-hybridized carbons (Fsp3) is 0.300. The molecule has 0 aliphatic rings. The summed E-state index contributed by atoms with van der Waals surface area (Å²) < 4.78 is 79.3. The Morgan fingerprint density at radius 3 is 1.57 bits per heavy atom. The molecule has 0 bridgehead atoms. The second kappa shape index (κ2) is 9.64. The van der Waals surface area contributed by atoms with Crippen molar-refractivity contribution in [3.63, 3.8) is 0 Å². The Labute approximate surface area is 168 Å². The number of ketones is 2. The summed E-state index contributed by atoms with van der Waals surface area (Å²) in [5, 5.41) is 0. The van der Waals surface area contributed by atoms with Crippen molar-refractivity contribution >= 4 is 11.6 Å². The van der Waals surface area contributed by atoms with Crippen LogP contribution in [0.2, 0.25) is 0 Å². The molecule has 2 aromatic rings. The predicted octanol–water partition coefficient (Wildman–Crippen LogP) is 6.19. The lowest BCUT2D eigenvalue weighted by Gasteiger charge is -2.12. The normalized spacial score (nSPS) is 11.3. The Hall–Kier alpha value is -3.04. The first-order valence-electron chi connectivity index (χ1n) is 8.33. The lowest BCUT2D eigenvalue weighted by atomic mass is 10.1. The molecule has 2 aromatic carbocycles. The van der Waals surface area contributed by atoms with E-state index >= 15 is 0 Å². The van der Waals surface area contributed by atoms with Crippen LogP contribution >= 0.6 is 0 Å². The highest BCUT2D eigenvalue weighted by atomic mass is 19.4. The number of rotatable bonds is 4. The molecule has 0 spiro atoms. The fourth-order valence-corrected chi connectivity index (χ4v) is 2.26. The number of benzene rings is 2. The molecular weight excluding hydrogens is 418 g/mol. The fourth-order valence-electron chi connectivity index (χ4n) is 2.26. The van der Waals surface area contributed by atoms with Gasteiger partial charge in [-0.25, -0.2) is 0 Å². The summed E-state index contributed by atoms with van der Waals surface area (Å²) >= 11 is 0. The summed E-state index contributed by atoms with van der Waals surface area (Å²) in [5.41, 5.74) is 1.17. The van der Waals surface area contributed by atoms with Gasteiger partial charge in [0.25, 0.3) is 0 Å². The minimum atomic E-state index is -4.78. The maximum atomic E-state index is 12.0. The number of carbonyl (C=O) groups excluding carboxylic acids is 2. The maximum Gasteiger partial charge on any atom is 0.573 e. The van der Waals surface area contributed by atoms with Crippen molar-refractivity contribution < 1.29 is 45.4 Å². The van der Waals surface area contributed by atoms with Crippen molar-refractivity contribution in [3.05, 3.63) is 58.7 Å². The molecule has 0 atom stereocenters. The standard InChI is InChI=1S/2C10H9F3O2/c1-6-3-4-9(15-10(11,12)13)8(5-6)7(2)14;1-6-3-4-8(7(2)14)9(5-6)15-10(11,12)13/h2*3-5H,1-2H3. The van der Waals surface area contributed by atoms with Gasteiger partial charge in [-0.05, 0) is 57.5 Å². The van der Waals surface area contributed by atoms with Crippen LogP contribution < -0.4 is 9.47 Å². The number of Topliss-reactive ketones (excluding diaryl/α,β-unsaturated/α-hetero) is 2.